The quantitative estimate of drug-likeness (QED) is 0.495. The zero-order valence-electron chi connectivity index (χ0n) is 17.6. The maximum atomic E-state index is 5.96. The van der Waals surface area contributed by atoms with Crippen molar-refractivity contribution >= 4 is 17.6 Å². The van der Waals surface area contributed by atoms with Crippen LogP contribution in [-0.2, 0) is 20.1 Å². The first-order valence-corrected chi connectivity index (χ1v) is 9.99. The van der Waals surface area contributed by atoms with Crippen LogP contribution in [0.2, 0.25) is 5.02 Å². The molecule has 1 aromatic carbocycles. The first kappa shape index (κ1) is 20.9. The lowest BCUT2D eigenvalue weighted by atomic mass is 10.1. The molecular formula is C21H28ClN7. The normalized spacial score (nSPS) is 11.9. The predicted octanol–water partition coefficient (Wildman–Crippen LogP) is 3.59. The molecule has 0 fully saturated rings. The number of benzene rings is 1. The van der Waals surface area contributed by atoms with E-state index in [4.69, 9.17) is 11.6 Å². The second kappa shape index (κ2) is 9.13. The number of rotatable bonds is 6. The Bertz CT molecular complexity index is 969. The Morgan fingerprint density at radius 3 is 2.62 bits per heavy atom. The predicted molar refractivity (Wildman–Crippen MR) is 118 cm³/mol. The molecule has 0 aliphatic heterocycles. The molecule has 0 saturated heterocycles. The third-order valence-corrected chi connectivity index (χ3v) is 4.89. The van der Waals surface area contributed by atoms with Gasteiger partial charge in [0.25, 0.3) is 0 Å². The van der Waals surface area contributed by atoms with Crippen molar-refractivity contribution in [1.82, 2.24) is 29.8 Å². The van der Waals surface area contributed by atoms with Gasteiger partial charge >= 0.3 is 0 Å². The SMILES string of the molecule is CN=C(NCc1cnn(-c2ccc(Cl)cc2)c1)N(C)Cc1cn(C)nc1C(C)C. The zero-order valence-corrected chi connectivity index (χ0v) is 18.4. The number of aromatic nitrogens is 4. The second-order valence-corrected chi connectivity index (χ2v) is 7.83. The summed E-state index contributed by atoms with van der Waals surface area (Å²) >= 11 is 5.96. The molecule has 0 unspecified atom stereocenters. The van der Waals surface area contributed by atoms with Crippen molar-refractivity contribution < 1.29 is 0 Å². The molecule has 0 amide bonds. The van der Waals surface area contributed by atoms with Crippen molar-refractivity contribution in [2.75, 3.05) is 14.1 Å². The molecule has 0 atom stereocenters. The van der Waals surface area contributed by atoms with E-state index in [-0.39, 0.29) is 0 Å². The van der Waals surface area contributed by atoms with Gasteiger partial charge in [0.05, 0.1) is 17.6 Å². The van der Waals surface area contributed by atoms with E-state index in [9.17, 15) is 0 Å². The minimum Gasteiger partial charge on any atom is -0.352 e. The largest absolute Gasteiger partial charge is 0.352 e. The van der Waals surface area contributed by atoms with E-state index in [2.05, 4.69) is 45.5 Å². The lowest BCUT2D eigenvalue weighted by molar-refractivity contribution is 0.473. The van der Waals surface area contributed by atoms with E-state index in [1.165, 1.54) is 5.56 Å². The molecular weight excluding hydrogens is 386 g/mol. The molecule has 2 heterocycles. The molecule has 0 saturated carbocycles. The number of hydrogen-bond acceptors (Lipinski definition) is 3. The van der Waals surface area contributed by atoms with Gasteiger partial charge < -0.3 is 10.2 Å². The van der Waals surface area contributed by atoms with Crippen LogP contribution in [0.15, 0.2) is 47.8 Å². The number of guanidine groups is 1. The smallest absolute Gasteiger partial charge is 0.193 e. The van der Waals surface area contributed by atoms with Gasteiger partial charge in [-0.05, 0) is 30.2 Å². The van der Waals surface area contributed by atoms with Crippen LogP contribution in [0.4, 0.5) is 0 Å². The van der Waals surface area contributed by atoms with Gasteiger partial charge in [0.2, 0.25) is 0 Å². The zero-order chi connectivity index (χ0) is 21.0. The molecule has 3 aromatic rings. The van der Waals surface area contributed by atoms with Crippen LogP contribution in [-0.4, -0.2) is 44.5 Å². The van der Waals surface area contributed by atoms with Crippen LogP contribution >= 0.6 is 11.6 Å². The van der Waals surface area contributed by atoms with Crippen LogP contribution < -0.4 is 5.32 Å². The van der Waals surface area contributed by atoms with Crippen LogP contribution in [0.3, 0.4) is 0 Å². The Balaban J connectivity index is 1.63. The average Bonchev–Trinajstić information content (AvgIpc) is 3.29. The number of aliphatic imine (C=N–C) groups is 1. The van der Waals surface area contributed by atoms with E-state index in [0.717, 1.165) is 29.4 Å². The van der Waals surface area contributed by atoms with Gasteiger partial charge in [0.1, 0.15) is 0 Å². The van der Waals surface area contributed by atoms with Crippen molar-refractivity contribution in [3.63, 3.8) is 0 Å². The minimum atomic E-state index is 0.383. The number of halogens is 1. The van der Waals surface area contributed by atoms with Gasteiger partial charge in [-0.15, -0.1) is 0 Å². The molecule has 7 nitrogen and oxygen atoms in total. The molecule has 0 radical (unpaired) electrons. The highest BCUT2D eigenvalue weighted by Crippen LogP contribution is 2.18. The van der Waals surface area contributed by atoms with Gasteiger partial charge in [-0.2, -0.15) is 10.2 Å². The van der Waals surface area contributed by atoms with Gasteiger partial charge in [0, 0.05) is 62.8 Å². The first-order chi connectivity index (χ1) is 13.9. The molecule has 0 spiro atoms. The van der Waals surface area contributed by atoms with Crippen LogP contribution in [0, 0.1) is 0 Å². The molecule has 2 aromatic heterocycles. The number of hydrogen-bond donors (Lipinski definition) is 1. The molecule has 8 heteroatoms. The summed E-state index contributed by atoms with van der Waals surface area (Å²) in [5.41, 5.74) is 4.38. The van der Waals surface area contributed by atoms with Crippen molar-refractivity contribution in [2.45, 2.75) is 32.9 Å². The Hall–Kier alpha value is -2.80. The van der Waals surface area contributed by atoms with Crippen molar-refractivity contribution in [2.24, 2.45) is 12.0 Å². The van der Waals surface area contributed by atoms with E-state index in [1.54, 1.807) is 7.05 Å². The fourth-order valence-corrected chi connectivity index (χ4v) is 3.37. The van der Waals surface area contributed by atoms with Crippen molar-refractivity contribution in [1.29, 1.82) is 0 Å². The lowest BCUT2D eigenvalue weighted by Gasteiger charge is -2.22. The molecule has 0 aliphatic rings. The Labute approximate surface area is 177 Å². The highest BCUT2D eigenvalue weighted by Gasteiger charge is 2.15. The summed E-state index contributed by atoms with van der Waals surface area (Å²) in [5.74, 6) is 1.20. The number of nitrogens with zero attached hydrogens (tertiary/aromatic N) is 6. The maximum absolute atomic E-state index is 5.96. The topological polar surface area (TPSA) is 63.3 Å². The molecule has 3 rings (SSSR count). The Kier molecular flexibility index (Phi) is 6.59. The molecule has 0 bridgehead atoms. The first-order valence-electron chi connectivity index (χ1n) is 9.61. The fraction of sp³-hybridized carbons (Fsp3) is 0.381. The van der Waals surface area contributed by atoms with Crippen LogP contribution in [0.5, 0.6) is 0 Å². The fourth-order valence-electron chi connectivity index (χ4n) is 3.25. The summed E-state index contributed by atoms with van der Waals surface area (Å²) in [7, 11) is 5.78. The summed E-state index contributed by atoms with van der Waals surface area (Å²) in [6.45, 7) is 5.70. The van der Waals surface area contributed by atoms with E-state index in [1.807, 2.05) is 60.1 Å². The highest BCUT2D eigenvalue weighted by atomic mass is 35.5. The maximum Gasteiger partial charge on any atom is 0.193 e. The van der Waals surface area contributed by atoms with Gasteiger partial charge in [-0.25, -0.2) is 4.68 Å². The molecule has 1 N–H and O–H groups in total. The minimum absolute atomic E-state index is 0.383. The Morgan fingerprint density at radius 2 is 1.97 bits per heavy atom. The van der Waals surface area contributed by atoms with Crippen LogP contribution in [0.1, 0.15) is 36.6 Å². The average molecular weight is 414 g/mol. The number of aryl methyl sites for hydroxylation is 1. The van der Waals surface area contributed by atoms with Crippen LogP contribution in [0.25, 0.3) is 5.69 Å². The van der Waals surface area contributed by atoms with E-state index >= 15 is 0 Å². The van der Waals surface area contributed by atoms with Gasteiger partial charge in [0.15, 0.2) is 5.96 Å². The van der Waals surface area contributed by atoms with Gasteiger partial charge in [-0.3, -0.25) is 9.67 Å². The monoisotopic (exact) mass is 413 g/mol. The second-order valence-electron chi connectivity index (χ2n) is 7.39. The lowest BCUT2D eigenvalue weighted by Crippen LogP contribution is -2.38. The summed E-state index contributed by atoms with van der Waals surface area (Å²) in [5, 5.41) is 13.1. The standard InChI is InChI=1S/C21H28ClN7/c1-15(2)20-17(14-28(5)26-20)13-27(4)21(23-3)24-10-16-11-25-29(12-16)19-8-6-18(22)7-9-19/h6-9,11-12,14-15H,10,13H2,1-5H3,(H,23,24). The highest BCUT2D eigenvalue weighted by molar-refractivity contribution is 6.30. The van der Waals surface area contributed by atoms with Gasteiger partial charge in [-0.1, -0.05) is 25.4 Å². The Morgan fingerprint density at radius 1 is 1.24 bits per heavy atom. The molecule has 154 valence electrons. The van der Waals surface area contributed by atoms with Crippen molar-refractivity contribution in [3.05, 3.63) is 64.7 Å². The summed E-state index contributed by atoms with van der Waals surface area (Å²) in [6, 6.07) is 7.60. The third kappa shape index (κ3) is 5.17. The molecule has 29 heavy (non-hydrogen) atoms. The van der Waals surface area contributed by atoms with E-state index in [0.29, 0.717) is 17.5 Å². The van der Waals surface area contributed by atoms with E-state index < -0.39 is 0 Å². The third-order valence-electron chi connectivity index (χ3n) is 4.64. The summed E-state index contributed by atoms with van der Waals surface area (Å²) in [4.78, 5) is 6.52. The number of nitrogens with one attached hydrogen (secondary N) is 1. The van der Waals surface area contributed by atoms with Crippen molar-refractivity contribution in [3.8, 4) is 5.69 Å². The summed E-state index contributed by atoms with van der Waals surface area (Å²) < 4.78 is 3.71. The molecule has 0 aliphatic carbocycles. The summed E-state index contributed by atoms with van der Waals surface area (Å²) in [6.07, 6.45) is 5.93.